The van der Waals surface area contributed by atoms with Crippen molar-refractivity contribution in [2.75, 3.05) is 0 Å². The summed E-state index contributed by atoms with van der Waals surface area (Å²) in [6, 6.07) is 6.54. The fourth-order valence-electron chi connectivity index (χ4n) is 3.63. The van der Waals surface area contributed by atoms with Crippen LogP contribution >= 0.6 is 0 Å². The molecule has 0 atom stereocenters. The number of benzene rings is 1. The number of rotatable bonds is 0. The maximum absolute atomic E-state index is 12.2. The van der Waals surface area contributed by atoms with Gasteiger partial charge in [0.15, 0.2) is 0 Å². The largest absolute Gasteiger partial charge is 0.321 e. The van der Waals surface area contributed by atoms with Crippen LogP contribution in [0.3, 0.4) is 0 Å². The number of aromatic amines is 1. The molecule has 0 amide bonds. The second-order valence-corrected chi connectivity index (χ2v) is 5.81. The number of nitrogens with one attached hydrogen (secondary N) is 1. The summed E-state index contributed by atoms with van der Waals surface area (Å²) in [5.41, 5.74) is 8.89. The van der Waals surface area contributed by atoms with Gasteiger partial charge in [-0.3, -0.25) is 4.79 Å². The van der Waals surface area contributed by atoms with Gasteiger partial charge in [-0.05, 0) is 49.3 Å². The summed E-state index contributed by atoms with van der Waals surface area (Å²) in [7, 11) is 0. The summed E-state index contributed by atoms with van der Waals surface area (Å²) in [6.07, 6.45) is 5.40. The first-order valence-corrected chi connectivity index (χ1v) is 7.11. The van der Waals surface area contributed by atoms with Gasteiger partial charge in [-0.2, -0.15) is 0 Å². The predicted octanol–water partition coefficient (Wildman–Crippen LogP) is 3.13. The highest BCUT2D eigenvalue weighted by atomic mass is 16.1. The van der Waals surface area contributed by atoms with Gasteiger partial charge in [-0.15, -0.1) is 0 Å². The first-order chi connectivity index (χ1) is 9.24. The normalized spacial score (nSPS) is 15.8. The molecule has 1 aromatic heterocycles. The predicted molar refractivity (Wildman–Crippen MR) is 76.7 cm³/mol. The van der Waals surface area contributed by atoms with Crippen molar-refractivity contribution in [3.05, 3.63) is 56.4 Å². The van der Waals surface area contributed by atoms with Crippen LogP contribution in [-0.2, 0) is 19.3 Å². The molecule has 2 aliphatic carbocycles. The molecular weight excluding hydrogens is 234 g/mol. The van der Waals surface area contributed by atoms with Gasteiger partial charge < -0.3 is 4.98 Å². The molecule has 19 heavy (non-hydrogen) atoms. The zero-order valence-corrected chi connectivity index (χ0v) is 11.2. The van der Waals surface area contributed by atoms with E-state index in [4.69, 9.17) is 0 Å². The Morgan fingerprint density at radius 3 is 2.68 bits per heavy atom. The van der Waals surface area contributed by atoms with E-state index in [1.165, 1.54) is 34.2 Å². The lowest BCUT2D eigenvalue weighted by atomic mass is 9.88. The Hall–Kier alpha value is -1.83. The van der Waals surface area contributed by atoms with Crippen molar-refractivity contribution >= 4 is 0 Å². The highest BCUT2D eigenvalue weighted by molar-refractivity contribution is 5.75. The monoisotopic (exact) mass is 251 g/mol. The van der Waals surface area contributed by atoms with Crippen LogP contribution in [0.15, 0.2) is 23.0 Å². The van der Waals surface area contributed by atoms with E-state index >= 15 is 0 Å². The minimum atomic E-state index is 0.141. The van der Waals surface area contributed by atoms with Gasteiger partial charge in [0, 0.05) is 17.5 Å². The summed E-state index contributed by atoms with van der Waals surface area (Å²) in [5.74, 6) is 0. The number of pyridine rings is 1. The maximum Gasteiger partial charge on any atom is 0.251 e. The third kappa shape index (κ3) is 1.52. The van der Waals surface area contributed by atoms with Crippen molar-refractivity contribution < 1.29 is 0 Å². The van der Waals surface area contributed by atoms with Gasteiger partial charge in [0.1, 0.15) is 0 Å². The lowest BCUT2D eigenvalue weighted by molar-refractivity contribution is 0.672. The van der Waals surface area contributed by atoms with Gasteiger partial charge in [-0.1, -0.05) is 23.8 Å². The number of fused-ring (bicyclic) bond motifs is 5. The first-order valence-electron chi connectivity index (χ1n) is 7.11. The number of aromatic nitrogens is 1. The van der Waals surface area contributed by atoms with Gasteiger partial charge in [0.05, 0.1) is 5.69 Å². The summed E-state index contributed by atoms with van der Waals surface area (Å²) in [5, 5.41) is 0. The molecule has 0 radical (unpaired) electrons. The Labute approximate surface area is 112 Å². The minimum absolute atomic E-state index is 0.141. The number of H-pyrrole nitrogens is 1. The van der Waals surface area contributed by atoms with E-state index in [0.29, 0.717) is 0 Å². The molecule has 0 spiro atoms. The Kier molecular flexibility index (Phi) is 2.22. The lowest BCUT2D eigenvalue weighted by Gasteiger charge is -2.18. The van der Waals surface area contributed by atoms with Crippen LogP contribution < -0.4 is 5.56 Å². The number of hydrogen-bond acceptors (Lipinski definition) is 1. The summed E-state index contributed by atoms with van der Waals surface area (Å²) >= 11 is 0. The van der Waals surface area contributed by atoms with Crippen molar-refractivity contribution in [2.45, 2.75) is 39.0 Å². The van der Waals surface area contributed by atoms with Crippen molar-refractivity contribution in [3.63, 3.8) is 0 Å². The molecule has 0 bridgehead atoms. The summed E-state index contributed by atoms with van der Waals surface area (Å²) < 4.78 is 0. The highest BCUT2D eigenvalue weighted by Crippen LogP contribution is 2.38. The van der Waals surface area contributed by atoms with E-state index < -0.39 is 0 Å². The molecule has 96 valence electrons. The van der Waals surface area contributed by atoms with Crippen LogP contribution in [0.2, 0.25) is 0 Å². The van der Waals surface area contributed by atoms with Crippen LogP contribution in [0.4, 0.5) is 0 Å². The molecule has 2 heteroatoms. The zero-order chi connectivity index (χ0) is 13.0. The topological polar surface area (TPSA) is 32.9 Å². The van der Waals surface area contributed by atoms with E-state index in [1.54, 1.807) is 0 Å². The molecule has 1 N–H and O–H groups in total. The summed E-state index contributed by atoms with van der Waals surface area (Å²) in [4.78, 5) is 15.4. The fraction of sp³-hybridized carbons (Fsp3) is 0.353. The average Bonchev–Trinajstić information content (AvgIpc) is 2.77. The van der Waals surface area contributed by atoms with E-state index in [2.05, 4.69) is 30.1 Å². The maximum atomic E-state index is 12.2. The Morgan fingerprint density at radius 2 is 1.84 bits per heavy atom. The molecule has 2 aromatic rings. The average molecular weight is 251 g/mol. The van der Waals surface area contributed by atoms with Gasteiger partial charge >= 0.3 is 0 Å². The van der Waals surface area contributed by atoms with E-state index in [9.17, 15) is 4.79 Å². The van der Waals surface area contributed by atoms with Crippen molar-refractivity contribution in [2.24, 2.45) is 0 Å². The molecule has 2 nitrogen and oxygen atoms in total. The van der Waals surface area contributed by atoms with Crippen LogP contribution in [0.5, 0.6) is 0 Å². The van der Waals surface area contributed by atoms with E-state index in [1.807, 2.05) is 0 Å². The standard InChI is InChI=1S/C17H17NO/c1-10-6-7-12-11(8-10)9-15-13-4-2-3-5-14(13)17(19)18-16(12)15/h6-8H,2-5,9H2,1H3,(H,18,19). The summed E-state index contributed by atoms with van der Waals surface area (Å²) in [6.45, 7) is 2.13. The zero-order valence-electron chi connectivity index (χ0n) is 11.2. The molecule has 0 aliphatic heterocycles. The molecule has 0 saturated carbocycles. The molecule has 4 rings (SSSR count). The van der Waals surface area contributed by atoms with E-state index in [-0.39, 0.29) is 5.56 Å². The molecule has 0 saturated heterocycles. The lowest BCUT2D eigenvalue weighted by Crippen LogP contribution is -2.21. The third-order valence-electron chi connectivity index (χ3n) is 4.54. The molecular formula is C17H17NO. The Morgan fingerprint density at radius 1 is 1.05 bits per heavy atom. The Bertz CT molecular complexity index is 740. The van der Waals surface area contributed by atoms with Gasteiger partial charge in [0.2, 0.25) is 0 Å². The van der Waals surface area contributed by atoms with Crippen molar-refractivity contribution in [1.82, 2.24) is 4.98 Å². The quantitative estimate of drug-likeness (QED) is 0.654. The number of hydrogen-bond donors (Lipinski definition) is 1. The van der Waals surface area contributed by atoms with Crippen LogP contribution in [0.25, 0.3) is 11.3 Å². The molecule has 0 unspecified atom stereocenters. The fourth-order valence-corrected chi connectivity index (χ4v) is 3.63. The van der Waals surface area contributed by atoms with Gasteiger partial charge in [-0.25, -0.2) is 0 Å². The Balaban J connectivity index is 2.00. The molecule has 1 aromatic carbocycles. The van der Waals surface area contributed by atoms with E-state index in [0.717, 1.165) is 36.9 Å². The van der Waals surface area contributed by atoms with Crippen molar-refractivity contribution in [1.29, 1.82) is 0 Å². The third-order valence-corrected chi connectivity index (χ3v) is 4.54. The second-order valence-electron chi connectivity index (χ2n) is 5.81. The van der Waals surface area contributed by atoms with Crippen LogP contribution in [0, 0.1) is 6.92 Å². The van der Waals surface area contributed by atoms with Crippen LogP contribution in [0.1, 0.15) is 40.7 Å². The smallest absolute Gasteiger partial charge is 0.251 e. The second kappa shape index (κ2) is 3.83. The minimum Gasteiger partial charge on any atom is -0.321 e. The highest BCUT2D eigenvalue weighted by Gasteiger charge is 2.26. The molecule has 0 fully saturated rings. The van der Waals surface area contributed by atoms with Crippen molar-refractivity contribution in [3.8, 4) is 11.3 Å². The van der Waals surface area contributed by atoms with Crippen LogP contribution in [-0.4, -0.2) is 4.98 Å². The number of aryl methyl sites for hydroxylation is 1. The molecule has 2 aliphatic rings. The molecule has 1 heterocycles. The SMILES string of the molecule is Cc1ccc2c(c1)Cc1c-2[nH]c(=O)c2c1CCCC2. The van der Waals surface area contributed by atoms with Gasteiger partial charge in [0.25, 0.3) is 5.56 Å². The first kappa shape index (κ1) is 11.0.